The molecule has 7 heteroatoms. The average molecular weight is 375 g/mol. The lowest BCUT2D eigenvalue weighted by atomic mass is 10.0. The van der Waals surface area contributed by atoms with E-state index in [-0.39, 0.29) is 12.5 Å². The van der Waals surface area contributed by atoms with Crippen LogP contribution in [-0.4, -0.2) is 38.7 Å². The molecular formula is C19H23N2O4S+. The number of rotatable bonds is 6. The minimum Gasteiger partial charge on any atom is -0.484 e. The number of hydrogen-bond donors (Lipinski definition) is 2. The number of amides is 1. The molecule has 0 radical (unpaired) electrons. The highest BCUT2D eigenvalue weighted by Crippen LogP contribution is 2.35. The topological polar surface area (TPSA) is 69.1 Å². The number of fused-ring (bicyclic) bond motifs is 1. The van der Waals surface area contributed by atoms with Gasteiger partial charge in [-0.2, -0.15) is 0 Å². The fourth-order valence-corrected chi connectivity index (χ4v) is 4.40. The van der Waals surface area contributed by atoms with Crippen LogP contribution in [0.25, 0.3) is 0 Å². The zero-order valence-corrected chi connectivity index (χ0v) is 15.8. The molecule has 2 aromatic rings. The number of thiophene rings is 1. The van der Waals surface area contributed by atoms with Crippen LogP contribution in [0.15, 0.2) is 30.3 Å². The van der Waals surface area contributed by atoms with Crippen LogP contribution in [-0.2, 0) is 22.5 Å². The van der Waals surface area contributed by atoms with Gasteiger partial charge in [-0.15, -0.1) is 11.3 Å². The number of anilines is 1. The Labute approximate surface area is 156 Å². The molecule has 0 saturated heterocycles. The predicted molar refractivity (Wildman–Crippen MR) is 100 cm³/mol. The first-order chi connectivity index (χ1) is 12.6. The van der Waals surface area contributed by atoms with Crippen molar-refractivity contribution in [2.45, 2.75) is 19.9 Å². The molecule has 26 heavy (non-hydrogen) atoms. The lowest BCUT2D eigenvalue weighted by Gasteiger charge is -2.22. The summed E-state index contributed by atoms with van der Waals surface area (Å²) >= 11 is 1.47. The van der Waals surface area contributed by atoms with Crippen LogP contribution >= 0.6 is 11.3 Å². The van der Waals surface area contributed by atoms with E-state index in [1.165, 1.54) is 23.3 Å². The van der Waals surface area contributed by atoms with Crippen LogP contribution < -0.4 is 15.0 Å². The van der Waals surface area contributed by atoms with E-state index in [0.29, 0.717) is 16.3 Å². The van der Waals surface area contributed by atoms with Crippen molar-refractivity contribution in [2.24, 2.45) is 0 Å². The van der Waals surface area contributed by atoms with Gasteiger partial charge < -0.3 is 19.7 Å². The number of quaternary nitrogens is 1. The van der Waals surface area contributed by atoms with E-state index < -0.39 is 5.97 Å². The van der Waals surface area contributed by atoms with Gasteiger partial charge in [-0.25, -0.2) is 4.79 Å². The van der Waals surface area contributed by atoms with Crippen LogP contribution in [0.4, 0.5) is 5.00 Å². The first kappa shape index (κ1) is 18.4. The van der Waals surface area contributed by atoms with Crippen molar-refractivity contribution in [1.29, 1.82) is 0 Å². The van der Waals surface area contributed by atoms with Crippen molar-refractivity contribution in [1.82, 2.24) is 0 Å². The summed E-state index contributed by atoms with van der Waals surface area (Å²) in [5.74, 6) is -0.0671. The number of benzene rings is 1. The molecule has 138 valence electrons. The molecule has 0 saturated carbocycles. The second kappa shape index (κ2) is 8.33. The Morgan fingerprint density at radius 3 is 2.73 bits per heavy atom. The summed E-state index contributed by atoms with van der Waals surface area (Å²) in [7, 11) is 1.36. The zero-order chi connectivity index (χ0) is 18.5. The van der Waals surface area contributed by atoms with Gasteiger partial charge in [0.05, 0.1) is 30.6 Å². The summed E-state index contributed by atoms with van der Waals surface area (Å²) in [4.78, 5) is 27.2. The van der Waals surface area contributed by atoms with E-state index in [1.807, 2.05) is 18.2 Å². The van der Waals surface area contributed by atoms with Gasteiger partial charge in [0.15, 0.2) is 6.61 Å². The number of carbonyl (C=O) groups is 2. The van der Waals surface area contributed by atoms with E-state index in [1.54, 1.807) is 12.1 Å². The van der Waals surface area contributed by atoms with E-state index in [0.717, 1.165) is 36.5 Å². The lowest BCUT2D eigenvalue weighted by Crippen LogP contribution is -3.11. The molecular weight excluding hydrogens is 352 g/mol. The van der Waals surface area contributed by atoms with Gasteiger partial charge in [-0.1, -0.05) is 18.2 Å². The highest BCUT2D eigenvalue weighted by atomic mass is 32.1. The smallest absolute Gasteiger partial charge is 0.341 e. The van der Waals surface area contributed by atoms with Crippen LogP contribution in [0, 0.1) is 0 Å². The molecule has 2 N–H and O–H groups in total. The third-order valence-corrected chi connectivity index (χ3v) is 5.63. The first-order valence-electron chi connectivity index (χ1n) is 8.66. The summed E-state index contributed by atoms with van der Waals surface area (Å²) in [6, 6.07) is 9.15. The SMILES string of the molecule is CC[NH+]1CCc2c(sc(NC(=O)COc3ccccc3)c2C(=O)OC)C1. The molecule has 6 nitrogen and oxygen atoms in total. The Morgan fingerprint density at radius 2 is 2.04 bits per heavy atom. The molecule has 0 bridgehead atoms. The molecule has 1 aromatic carbocycles. The van der Waals surface area contributed by atoms with E-state index in [9.17, 15) is 9.59 Å². The van der Waals surface area contributed by atoms with Gasteiger partial charge >= 0.3 is 5.97 Å². The van der Waals surface area contributed by atoms with E-state index in [2.05, 4.69) is 12.2 Å². The number of carbonyl (C=O) groups excluding carboxylic acids is 2. The number of nitrogens with one attached hydrogen (secondary N) is 2. The van der Waals surface area contributed by atoms with Crippen molar-refractivity contribution in [3.63, 3.8) is 0 Å². The first-order valence-corrected chi connectivity index (χ1v) is 9.48. The summed E-state index contributed by atoms with van der Waals surface area (Å²) in [6.07, 6.45) is 0.815. The predicted octanol–water partition coefficient (Wildman–Crippen LogP) is 1.51. The third-order valence-electron chi connectivity index (χ3n) is 4.49. The maximum atomic E-state index is 12.3. The summed E-state index contributed by atoms with van der Waals surface area (Å²) in [5.41, 5.74) is 1.51. The number of esters is 1. The van der Waals surface area contributed by atoms with E-state index >= 15 is 0 Å². The number of para-hydroxylation sites is 1. The number of hydrogen-bond acceptors (Lipinski definition) is 5. The normalized spacial score (nSPS) is 15.8. The zero-order valence-electron chi connectivity index (χ0n) is 15.0. The summed E-state index contributed by atoms with van der Waals surface area (Å²) in [5, 5.41) is 3.39. The molecule has 0 aliphatic carbocycles. The molecule has 1 aliphatic heterocycles. The number of ether oxygens (including phenoxy) is 2. The number of likely N-dealkylation sites (N-methyl/N-ethyl adjacent to an activating group) is 1. The third kappa shape index (κ3) is 4.05. The van der Waals surface area contributed by atoms with Crippen LogP contribution in [0.2, 0.25) is 0 Å². The van der Waals surface area contributed by atoms with Gasteiger partial charge in [0.2, 0.25) is 0 Å². The molecule has 1 unspecified atom stereocenters. The Morgan fingerprint density at radius 1 is 1.27 bits per heavy atom. The molecule has 1 amide bonds. The van der Waals surface area contributed by atoms with Gasteiger partial charge in [0.25, 0.3) is 5.91 Å². The Kier molecular flexibility index (Phi) is 5.90. The molecule has 2 heterocycles. The molecule has 0 spiro atoms. The highest BCUT2D eigenvalue weighted by molar-refractivity contribution is 7.17. The Balaban J connectivity index is 1.75. The maximum Gasteiger partial charge on any atom is 0.341 e. The maximum absolute atomic E-state index is 12.3. The largest absolute Gasteiger partial charge is 0.484 e. The highest BCUT2D eigenvalue weighted by Gasteiger charge is 2.30. The van der Waals surface area contributed by atoms with Crippen LogP contribution in [0.5, 0.6) is 5.75 Å². The molecule has 1 aliphatic rings. The minimum atomic E-state index is -0.401. The van der Waals surface area contributed by atoms with Crippen LogP contribution in [0.1, 0.15) is 27.7 Å². The second-order valence-corrected chi connectivity index (χ2v) is 7.23. The monoisotopic (exact) mass is 375 g/mol. The quantitative estimate of drug-likeness (QED) is 0.751. The lowest BCUT2D eigenvalue weighted by molar-refractivity contribution is -0.913. The minimum absolute atomic E-state index is 0.112. The summed E-state index contributed by atoms with van der Waals surface area (Å²) in [6.45, 7) is 4.93. The molecule has 1 atom stereocenters. The van der Waals surface area contributed by atoms with Gasteiger partial charge in [-0.05, 0) is 24.6 Å². The summed E-state index contributed by atoms with van der Waals surface area (Å²) < 4.78 is 10.4. The fourth-order valence-electron chi connectivity index (χ4n) is 3.07. The number of methoxy groups -OCH3 is 1. The Hall–Kier alpha value is -2.38. The van der Waals surface area contributed by atoms with Crippen molar-refractivity contribution >= 4 is 28.2 Å². The Bertz CT molecular complexity index is 788. The van der Waals surface area contributed by atoms with Gasteiger partial charge in [0, 0.05) is 6.42 Å². The van der Waals surface area contributed by atoms with Crippen molar-refractivity contribution in [3.8, 4) is 5.75 Å². The standard InChI is InChI=1S/C19H22N2O4S/c1-3-21-10-9-14-15(11-21)26-18(17(14)19(23)24-2)20-16(22)12-25-13-7-5-4-6-8-13/h4-8H,3,9-12H2,1-2H3,(H,20,22)/p+1. The fraction of sp³-hybridized carbons (Fsp3) is 0.368. The molecule has 1 aromatic heterocycles. The molecule has 0 fully saturated rings. The van der Waals surface area contributed by atoms with Crippen LogP contribution in [0.3, 0.4) is 0 Å². The van der Waals surface area contributed by atoms with Crippen molar-refractivity contribution in [3.05, 3.63) is 46.3 Å². The second-order valence-electron chi connectivity index (χ2n) is 6.13. The van der Waals surface area contributed by atoms with Crippen molar-refractivity contribution < 1.29 is 24.0 Å². The molecule has 3 rings (SSSR count). The van der Waals surface area contributed by atoms with Gasteiger partial charge in [0.1, 0.15) is 17.3 Å². The van der Waals surface area contributed by atoms with E-state index in [4.69, 9.17) is 9.47 Å². The van der Waals surface area contributed by atoms with Gasteiger partial charge in [-0.3, -0.25) is 4.79 Å². The average Bonchev–Trinajstić information content (AvgIpc) is 3.03. The van der Waals surface area contributed by atoms with Crippen molar-refractivity contribution in [2.75, 3.05) is 32.1 Å².